The fourth-order valence-electron chi connectivity index (χ4n) is 3.73. The molecule has 3 heterocycles. The lowest BCUT2D eigenvalue weighted by Crippen LogP contribution is -2.01. The third kappa shape index (κ3) is 3.89. The SMILES string of the molecule is O=[N+]([O-])c1ncccc1Oc1nc(/C=C/c2ccccc2)nc2sc3c(c12)CCCC3. The van der Waals surface area contributed by atoms with Crippen LogP contribution in [0.15, 0.2) is 48.7 Å². The van der Waals surface area contributed by atoms with Gasteiger partial charge in [-0.3, -0.25) is 0 Å². The first-order chi connectivity index (χ1) is 15.2. The molecule has 0 unspecified atom stereocenters. The number of ether oxygens (including phenoxy) is 1. The molecule has 1 aromatic carbocycles. The maximum Gasteiger partial charge on any atom is 0.406 e. The van der Waals surface area contributed by atoms with Crippen molar-refractivity contribution >= 4 is 39.5 Å². The molecule has 0 N–H and O–H groups in total. The maximum atomic E-state index is 11.4. The van der Waals surface area contributed by atoms with E-state index < -0.39 is 4.92 Å². The molecule has 0 aliphatic heterocycles. The number of nitrogens with zero attached hydrogens (tertiary/aromatic N) is 4. The summed E-state index contributed by atoms with van der Waals surface area (Å²) < 4.78 is 6.02. The molecular formula is C23H18N4O3S. The Bertz CT molecular complexity index is 1300. The molecule has 0 atom stereocenters. The number of pyridine rings is 1. The van der Waals surface area contributed by atoms with Crippen LogP contribution in [0.4, 0.5) is 5.82 Å². The number of aromatic nitrogens is 3. The largest absolute Gasteiger partial charge is 0.429 e. The molecule has 0 saturated heterocycles. The lowest BCUT2D eigenvalue weighted by Gasteiger charge is -2.12. The van der Waals surface area contributed by atoms with Crippen molar-refractivity contribution in [2.24, 2.45) is 0 Å². The summed E-state index contributed by atoms with van der Waals surface area (Å²) in [5, 5.41) is 12.3. The average molecular weight is 430 g/mol. The van der Waals surface area contributed by atoms with Crippen LogP contribution >= 0.6 is 11.3 Å². The zero-order valence-electron chi connectivity index (χ0n) is 16.5. The summed E-state index contributed by atoms with van der Waals surface area (Å²) in [5.74, 6) is 0.575. The normalized spacial score (nSPS) is 13.4. The molecule has 154 valence electrons. The van der Waals surface area contributed by atoms with Gasteiger partial charge < -0.3 is 14.9 Å². The van der Waals surface area contributed by atoms with Gasteiger partial charge in [0.15, 0.2) is 5.82 Å². The van der Waals surface area contributed by atoms with Crippen LogP contribution in [0.1, 0.15) is 34.7 Å². The highest BCUT2D eigenvalue weighted by atomic mass is 32.1. The highest BCUT2D eigenvalue weighted by Gasteiger charge is 2.24. The van der Waals surface area contributed by atoms with Crippen LogP contribution in [-0.2, 0) is 12.8 Å². The van der Waals surface area contributed by atoms with Crippen LogP contribution in [0.2, 0.25) is 0 Å². The standard InChI is InChI=1S/C23H18N4O3S/c28-27(29)21-17(10-6-14-24-21)30-22-20-16-9-4-5-11-18(16)31-23(20)26-19(25-22)13-12-15-7-2-1-3-8-15/h1-3,6-8,10,12-14H,4-5,9,11H2/b13-12+. The molecule has 31 heavy (non-hydrogen) atoms. The zero-order valence-corrected chi connectivity index (χ0v) is 17.3. The predicted molar refractivity (Wildman–Crippen MR) is 120 cm³/mol. The summed E-state index contributed by atoms with van der Waals surface area (Å²) >= 11 is 1.66. The fraction of sp³-hybridized carbons (Fsp3) is 0.174. The van der Waals surface area contributed by atoms with E-state index in [1.165, 1.54) is 22.7 Å². The van der Waals surface area contributed by atoms with Crippen molar-refractivity contribution in [3.63, 3.8) is 0 Å². The molecule has 0 saturated carbocycles. The fourth-order valence-corrected chi connectivity index (χ4v) is 4.99. The van der Waals surface area contributed by atoms with Gasteiger partial charge in [-0.05, 0) is 64.9 Å². The highest BCUT2D eigenvalue weighted by molar-refractivity contribution is 7.18. The van der Waals surface area contributed by atoms with Crippen LogP contribution in [0, 0.1) is 10.1 Å². The molecule has 0 spiro atoms. The molecule has 0 amide bonds. The van der Waals surface area contributed by atoms with Crippen molar-refractivity contribution in [2.45, 2.75) is 25.7 Å². The quantitative estimate of drug-likeness (QED) is 0.292. The Hall–Kier alpha value is -3.65. The van der Waals surface area contributed by atoms with Gasteiger partial charge in [0.2, 0.25) is 11.6 Å². The molecule has 0 bridgehead atoms. The van der Waals surface area contributed by atoms with Crippen molar-refractivity contribution < 1.29 is 9.66 Å². The molecule has 7 nitrogen and oxygen atoms in total. The van der Waals surface area contributed by atoms with Crippen molar-refractivity contribution in [1.82, 2.24) is 15.0 Å². The van der Waals surface area contributed by atoms with E-state index in [0.29, 0.717) is 11.7 Å². The molecule has 1 aliphatic rings. The molecule has 5 rings (SSSR count). The highest BCUT2D eigenvalue weighted by Crippen LogP contribution is 2.41. The summed E-state index contributed by atoms with van der Waals surface area (Å²) in [6.45, 7) is 0. The summed E-state index contributed by atoms with van der Waals surface area (Å²) in [5.41, 5.74) is 2.23. The Labute approximate surface area is 182 Å². The molecule has 0 fully saturated rings. The van der Waals surface area contributed by atoms with Crippen LogP contribution in [0.5, 0.6) is 11.6 Å². The van der Waals surface area contributed by atoms with E-state index in [4.69, 9.17) is 9.72 Å². The smallest absolute Gasteiger partial charge is 0.406 e. The second kappa shape index (κ2) is 8.23. The van der Waals surface area contributed by atoms with Gasteiger partial charge in [-0.2, -0.15) is 4.98 Å². The van der Waals surface area contributed by atoms with Gasteiger partial charge in [-0.1, -0.05) is 36.4 Å². The zero-order chi connectivity index (χ0) is 21.2. The van der Waals surface area contributed by atoms with E-state index >= 15 is 0 Å². The molecule has 1 aliphatic carbocycles. The first-order valence-electron chi connectivity index (χ1n) is 10.0. The van der Waals surface area contributed by atoms with Gasteiger partial charge in [0.05, 0.1) is 5.39 Å². The Kier molecular flexibility index (Phi) is 5.13. The third-order valence-corrected chi connectivity index (χ3v) is 6.34. The minimum Gasteiger partial charge on any atom is -0.429 e. The van der Waals surface area contributed by atoms with Crippen molar-refractivity contribution in [2.75, 3.05) is 0 Å². The number of benzene rings is 1. The number of aryl methyl sites for hydroxylation is 2. The summed E-state index contributed by atoms with van der Waals surface area (Å²) in [7, 11) is 0. The predicted octanol–water partition coefficient (Wildman–Crippen LogP) is 5.84. The minimum atomic E-state index is -0.549. The molecule has 0 radical (unpaired) electrons. The van der Waals surface area contributed by atoms with E-state index in [9.17, 15) is 10.1 Å². The second-order valence-electron chi connectivity index (χ2n) is 7.21. The van der Waals surface area contributed by atoms with Gasteiger partial charge in [-0.25, -0.2) is 4.98 Å². The molecular weight excluding hydrogens is 412 g/mol. The molecule has 4 aromatic rings. The Morgan fingerprint density at radius 1 is 1.03 bits per heavy atom. The molecule has 3 aromatic heterocycles. The Morgan fingerprint density at radius 3 is 2.71 bits per heavy atom. The topological polar surface area (TPSA) is 91.0 Å². The average Bonchev–Trinajstić information content (AvgIpc) is 3.17. The second-order valence-corrected chi connectivity index (χ2v) is 8.29. The first-order valence-corrected chi connectivity index (χ1v) is 10.8. The first kappa shape index (κ1) is 19.3. The summed E-state index contributed by atoms with van der Waals surface area (Å²) in [6.07, 6.45) is 9.34. The maximum absolute atomic E-state index is 11.4. The minimum absolute atomic E-state index is 0.0706. The van der Waals surface area contributed by atoms with E-state index in [1.807, 2.05) is 42.5 Å². The lowest BCUT2D eigenvalue weighted by molar-refractivity contribution is -0.390. The summed E-state index contributed by atoms with van der Waals surface area (Å²) in [6, 6.07) is 13.0. The Balaban J connectivity index is 1.63. The number of thiophene rings is 1. The summed E-state index contributed by atoms with van der Waals surface area (Å²) in [4.78, 5) is 26.2. The number of hydrogen-bond acceptors (Lipinski definition) is 7. The number of fused-ring (bicyclic) bond motifs is 3. The van der Waals surface area contributed by atoms with Gasteiger partial charge in [-0.15, -0.1) is 11.3 Å². The molecule has 8 heteroatoms. The van der Waals surface area contributed by atoms with Gasteiger partial charge in [0.25, 0.3) is 0 Å². The monoisotopic (exact) mass is 430 g/mol. The number of nitro groups is 1. The van der Waals surface area contributed by atoms with Crippen LogP contribution < -0.4 is 4.74 Å². The van der Waals surface area contributed by atoms with Crippen molar-refractivity contribution in [3.8, 4) is 11.6 Å². The van der Waals surface area contributed by atoms with E-state index in [-0.39, 0.29) is 11.6 Å². The van der Waals surface area contributed by atoms with Crippen molar-refractivity contribution in [1.29, 1.82) is 0 Å². The van der Waals surface area contributed by atoms with Gasteiger partial charge >= 0.3 is 5.82 Å². The van der Waals surface area contributed by atoms with Crippen LogP contribution in [-0.4, -0.2) is 19.9 Å². The van der Waals surface area contributed by atoms with E-state index in [2.05, 4.69) is 9.97 Å². The van der Waals surface area contributed by atoms with Crippen LogP contribution in [0.3, 0.4) is 0 Å². The van der Waals surface area contributed by atoms with Gasteiger partial charge in [0.1, 0.15) is 11.0 Å². The Morgan fingerprint density at radius 2 is 1.87 bits per heavy atom. The van der Waals surface area contributed by atoms with Crippen LogP contribution in [0.25, 0.3) is 22.4 Å². The van der Waals surface area contributed by atoms with Crippen molar-refractivity contribution in [3.05, 3.63) is 80.6 Å². The number of hydrogen-bond donors (Lipinski definition) is 0. The van der Waals surface area contributed by atoms with E-state index in [0.717, 1.165) is 41.5 Å². The van der Waals surface area contributed by atoms with Gasteiger partial charge in [0, 0.05) is 4.88 Å². The van der Waals surface area contributed by atoms with E-state index in [1.54, 1.807) is 17.4 Å². The lowest BCUT2D eigenvalue weighted by atomic mass is 9.97. The number of rotatable bonds is 5. The third-order valence-electron chi connectivity index (χ3n) is 5.15.